The van der Waals surface area contributed by atoms with Crippen LogP contribution in [0, 0.1) is 0 Å². The second-order valence-corrected chi connectivity index (χ2v) is 9.62. The average Bonchev–Trinajstić information content (AvgIpc) is 2.72. The van der Waals surface area contributed by atoms with Crippen LogP contribution in [0.5, 0.6) is 0 Å². The molecular weight excluding hydrogens is 467 g/mol. The minimum absolute atomic E-state index is 0.201. The van der Waals surface area contributed by atoms with Crippen LogP contribution in [0.15, 0.2) is 35.5 Å². The molecule has 0 aliphatic carbocycles. The van der Waals surface area contributed by atoms with E-state index in [2.05, 4.69) is 26.3 Å². The number of alkyl halides is 3. The van der Waals surface area contributed by atoms with Crippen molar-refractivity contribution in [2.45, 2.75) is 22.8 Å². The molecule has 0 bridgehead atoms. The molecule has 0 saturated carbocycles. The lowest BCUT2D eigenvalue weighted by Gasteiger charge is -2.28. The van der Waals surface area contributed by atoms with Crippen molar-refractivity contribution < 1.29 is 4.79 Å². The highest BCUT2D eigenvalue weighted by Gasteiger charge is 2.34. The first-order chi connectivity index (χ1) is 14.3. The summed E-state index contributed by atoms with van der Waals surface area (Å²) < 4.78 is -1.82. The van der Waals surface area contributed by atoms with Crippen LogP contribution in [-0.2, 0) is 11.2 Å². The molecule has 0 aromatic heterocycles. The van der Waals surface area contributed by atoms with Gasteiger partial charge >= 0.3 is 0 Å². The number of nitrogens with zero attached hydrogens (tertiary/aromatic N) is 2. The number of rotatable bonds is 5. The zero-order valence-corrected chi connectivity index (χ0v) is 19.2. The molecule has 0 spiro atoms. The second kappa shape index (κ2) is 10.6. The predicted octanol–water partition coefficient (Wildman–Crippen LogP) is 2.85. The molecule has 2 aliphatic rings. The number of halogens is 3. The SMILES string of the molecule is O=C(/C=C/N1CCNCC1)NC(NC(=S)Nc1cccc2c1N=CCC2)C(Cl)(Cl)Cl. The Morgan fingerprint density at radius 3 is 2.77 bits per heavy atom. The van der Waals surface area contributed by atoms with E-state index in [1.54, 1.807) is 6.20 Å². The van der Waals surface area contributed by atoms with Crippen molar-refractivity contribution >= 4 is 75.6 Å². The summed E-state index contributed by atoms with van der Waals surface area (Å²) in [5, 5.41) is 12.0. The summed E-state index contributed by atoms with van der Waals surface area (Å²) in [6.07, 6.45) is 5.80. The fraction of sp³-hybridized carbons (Fsp3) is 0.421. The molecular formula is C19H23Cl3N6OS. The van der Waals surface area contributed by atoms with Crippen LogP contribution in [0.3, 0.4) is 0 Å². The van der Waals surface area contributed by atoms with Gasteiger partial charge in [0, 0.05) is 44.7 Å². The summed E-state index contributed by atoms with van der Waals surface area (Å²) in [6, 6.07) is 5.83. The number of para-hydroxylation sites is 1. The Morgan fingerprint density at radius 1 is 1.27 bits per heavy atom. The van der Waals surface area contributed by atoms with E-state index < -0.39 is 15.9 Å². The molecule has 162 valence electrons. The van der Waals surface area contributed by atoms with Gasteiger partial charge in [0.05, 0.1) is 11.4 Å². The van der Waals surface area contributed by atoms with Crippen LogP contribution in [0.25, 0.3) is 0 Å². The van der Waals surface area contributed by atoms with E-state index in [0.29, 0.717) is 0 Å². The monoisotopic (exact) mass is 488 g/mol. The number of amides is 1. The molecule has 1 atom stereocenters. The van der Waals surface area contributed by atoms with Crippen LogP contribution in [0.2, 0.25) is 0 Å². The van der Waals surface area contributed by atoms with Crippen molar-refractivity contribution in [2.24, 2.45) is 4.99 Å². The third-order valence-electron chi connectivity index (χ3n) is 4.61. The number of hydrogen-bond acceptors (Lipinski definition) is 5. The lowest BCUT2D eigenvalue weighted by Crippen LogP contribution is -2.55. The number of benzene rings is 1. The third-order valence-corrected chi connectivity index (χ3v) is 5.48. The van der Waals surface area contributed by atoms with Gasteiger partial charge in [-0.15, -0.1) is 0 Å². The first kappa shape index (κ1) is 23.1. The van der Waals surface area contributed by atoms with E-state index in [1.807, 2.05) is 29.3 Å². The molecule has 11 heteroatoms. The number of aliphatic imine (C=N–C) groups is 1. The van der Waals surface area contributed by atoms with Crippen LogP contribution in [-0.4, -0.2) is 58.3 Å². The van der Waals surface area contributed by atoms with E-state index in [1.165, 1.54) is 6.08 Å². The molecule has 30 heavy (non-hydrogen) atoms. The maximum Gasteiger partial charge on any atom is 0.247 e. The van der Waals surface area contributed by atoms with E-state index in [4.69, 9.17) is 47.0 Å². The largest absolute Gasteiger partial charge is 0.375 e. The lowest BCUT2D eigenvalue weighted by atomic mass is 10.0. The van der Waals surface area contributed by atoms with Crippen molar-refractivity contribution in [1.82, 2.24) is 20.9 Å². The molecule has 1 saturated heterocycles. The van der Waals surface area contributed by atoms with Gasteiger partial charge < -0.3 is 26.2 Å². The number of aryl methyl sites for hydroxylation is 1. The molecule has 7 nitrogen and oxygen atoms in total. The van der Waals surface area contributed by atoms with Gasteiger partial charge in [0.25, 0.3) is 0 Å². The number of hydrogen-bond donors (Lipinski definition) is 4. The van der Waals surface area contributed by atoms with Gasteiger partial charge in [-0.2, -0.15) is 0 Å². The number of thiocarbonyl (C=S) groups is 1. The van der Waals surface area contributed by atoms with Gasteiger partial charge in [-0.05, 0) is 36.7 Å². The summed E-state index contributed by atoms with van der Waals surface area (Å²) in [5.74, 6) is -0.401. The number of nitrogens with one attached hydrogen (secondary N) is 4. The van der Waals surface area contributed by atoms with Gasteiger partial charge in [0.1, 0.15) is 6.17 Å². The Hall–Kier alpha value is -1.58. The Kier molecular flexibility index (Phi) is 8.19. The predicted molar refractivity (Wildman–Crippen MR) is 128 cm³/mol. The molecule has 1 unspecified atom stereocenters. The molecule has 3 rings (SSSR count). The second-order valence-electron chi connectivity index (χ2n) is 6.85. The highest BCUT2D eigenvalue weighted by atomic mass is 35.6. The molecule has 1 amide bonds. The topological polar surface area (TPSA) is 80.8 Å². The van der Waals surface area contributed by atoms with Crippen molar-refractivity contribution in [3.05, 3.63) is 36.0 Å². The van der Waals surface area contributed by atoms with Gasteiger partial charge in [-0.1, -0.05) is 46.9 Å². The maximum atomic E-state index is 12.3. The van der Waals surface area contributed by atoms with Crippen molar-refractivity contribution in [3.63, 3.8) is 0 Å². The summed E-state index contributed by atoms with van der Waals surface area (Å²) >= 11 is 23.5. The molecule has 1 aromatic rings. The van der Waals surface area contributed by atoms with Gasteiger partial charge in [0.2, 0.25) is 9.70 Å². The quantitative estimate of drug-likeness (QED) is 0.220. The molecule has 4 N–H and O–H groups in total. The zero-order valence-electron chi connectivity index (χ0n) is 16.1. The van der Waals surface area contributed by atoms with E-state index in [0.717, 1.165) is 56.0 Å². The minimum atomic E-state index is -1.82. The number of anilines is 1. The number of carbonyl (C=O) groups is 1. The van der Waals surface area contributed by atoms with Crippen molar-refractivity contribution in [1.29, 1.82) is 0 Å². The van der Waals surface area contributed by atoms with Gasteiger partial charge in [0.15, 0.2) is 5.11 Å². The Balaban J connectivity index is 1.61. The smallest absolute Gasteiger partial charge is 0.247 e. The first-order valence-electron chi connectivity index (χ1n) is 9.55. The number of fused-ring (bicyclic) bond motifs is 1. The highest BCUT2D eigenvalue weighted by Crippen LogP contribution is 2.33. The molecule has 2 heterocycles. The summed E-state index contributed by atoms with van der Waals surface area (Å²) in [5.41, 5.74) is 2.71. The number of piperazine rings is 1. The summed E-state index contributed by atoms with van der Waals surface area (Å²) in [6.45, 7) is 3.40. The van der Waals surface area contributed by atoms with Crippen LogP contribution >= 0.6 is 47.0 Å². The van der Waals surface area contributed by atoms with Crippen molar-refractivity contribution in [3.8, 4) is 0 Å². The maximum absolute atomic E-state index is 12.3. The van der Waals surface area contributed by atoms with Crippen LogP contribution < -0.4 is 21.3 Å². The Morgan fingerprint density at radius 2 is 2.03 bits per heavy atom. The standard InChI is InChI=1S/C19H23Cl3N6OS/c20-19(21,22)17(26-15(29)6-10-28-11-8-23-9-12-28)27-18(30)25-14-5-1-3-13-4-2-7-24-16(13)14/h1,3,5-7,10,17,23H,2,4,8-9,11-12H2,(H,26,29)(H2,25,27,30)/b10-6+. The molecule has 1 fully saturated rings. The van der Waals surface area contributed by atoms with Gasteiger partial charge in [-0.3, -0.25) is 9.79 Å². The molecule has 0 radical (unpaired) electrons. The Labute approximate surface area is 196 Å². The number of carbonyl (C=O) groups excluding carboxylic acids is 1. The third kappa shape index (κ3) is 6.72. The van der Waals surface area contributed by atoms with E-state index in [-0.39, 0.29) is 5.11 Å². The lowest BCUT2D eigenvalue weighted by molar-refractivity contribution is -0.117. The van der Waals surface area contributed by atoms with E-state index in [9.17, 15) is 4.79 Å². The van der Waals surface area contributed by atoms with Crippen LogP contribution in [0.4, 0.5) is 11.4 Å². The summed E-state index contributed by atoms with van der Waals surface area (Å²) in [4.78, 5) is 18.8. The summed E-state index contributed by atoms with van der Waals surface area (Å²) in [7, 11) is 0. The van der Waals surface area contributed by atoms with E-state index >= 15 is 0 Å². The normalized spacial score (nSPS) is 17.4. The average molecular weight is 490 g/mol. The first-order valence-corrected chi connectivity index (χ1v) is 11.1. The fourth-order valence-electron chi connectivity index (χ4n) is 3.11. The highest BCUT2D eigenvalue weighted by molar-refractivity contribution is 7.80. The van der Waals surface area contributed by atoms with Crippen LogP contribution in [0.1, 0.15) is 12.0 Å². The van der Waals surface area contributed by atoms with Crippen molar-refractivity contribution in [2.75, 3.05) is 31.5 Å². The molecule has 1 aromatic carbocycles. The Bertz CT molecular complexity index is 836. The minimum Gasteiger partial charge on any atom is -0.375 e. The van der Waals surface area contributed by atoms with Gasteiger partial charge in [-0.25, -0.2) is 0 Å². The fourth-order valence-corrected chi connectivity index (χ4v) is 3.66. The molecule has 2 aliphatic heterocycles. The zero-order chi connectivity index (χ0) is 21.6.